The van der Waals surface area contributed by atoms with E-state index in [9.17, 15) is 9.18 Å². The number of aliphatic carboxylic acids is 1. The molecule has 1 atom stereocenters. The lowest BCUT2D eigenvalue weighted by Gasteiger charge is -2.17. The van der Waals surface area contributed by atoms with Crippen LogP contribution in [0, 0.1) is 5.82 Å². The second-order valence-electron chi connectivity index (χ2n) is 4.10. The van der Waals surface area contributed by atoms with Gasteiger partial charge in [-0.05, 0) is 31.2 Å². The Morgan fingerprint density at radius 3 is 2.59 bits per heavy atom. The Morgan fingerprint density at radius 1 is 1.47 bits per heavy atom. The number of carboxylic acid groups (broad SMARTS) is 1. The van der Waals surface area contributed by atoms with Crippen molar-refractivity contribution in [2.45, 2.75) is 19.0 Å². The molecule has 0 aromatic heterocycles. The van der Waals surface area contributed by atoms with Crippen molar-refractivity contribution < 1.29 is 14.3 Å². The quantitative estimate of drug-likeness (QED) is 0.780. The van der Waals surface area contributed by atoms with Gasteiger partial charge in [0.1, 0.15) is 11.9 Å². The summed E-state index contributed by atoms with van der Waals surface area (Å²) >= 11 is 0. The zero-order valence-electron chi connectivity index (χ0n) is 9.77. The summed E-state index contributed by atoms with van der Waals surface area (Å²) in [5.74, 6) is -1.25. The van der Waals surface area contributed by atoms with Crippen LogP contribution in [0.2, 0.25) is 0 Å². The second kappa shape index (κ2) is 6.32. The molecule has 0 heterocycles. The van der Waals surface area contributed by atoms with E-state index >= 15 is 0 Å². The van der Waals surface area contributed by atoms with Crippen molar-refractivity contribution in [2.75, 3.05) is 13.6 Å². The summed E-state index contributed by atoms with van der Waals surface area (Å²) in [5, 5.41) is 8.63. The first-order valence-electron chi connectivity index (χ1n) is 5.40. The van der Waals surface area contributed by atoms with Gasteiger partial charge in [0.2, 0.25) is 0 Å². The lowest BCUT2D eigenvalue weighted by Crippen LogP contribution is -2.34. The number of nitrogens with two attached hydrogens (primary N) is 1. The van der Waals surface area contributed by atoms with Crippen LogP contribution in [0.15, 0.2) is 24.3 Å². The minimum atomic E-state index is -0.986. The summed E-state index contributed by atoms with van der Waals surface area (Å²) in [7, 11) is 1.87. The fourth-order valence-electron chi connectivity index (χ4n) is 1.46. The van der Waals surface area contributed by atoms with Crippen molar-refractivity contribution in [3.05, 3.63) is 35.6 Å². The maximum absolute atomic E-state index is 12.7. The van der Waals surface area contributed by atoms with Crippen molar-refractivity contribution in [2.24, 2.45) is 5.73 Å². The first-order valence-corrected chi connectivity index (χ1v) is 5.40. The molecule has 0 spiro atoms. The summed E-state index contributed by atoms with van der Waals surface area (Å²) in [5.41, 5.74) is 6.39. The molecule has 0 saturated carbocycles. The summed E-state index contributed by atoms with van der Waals surface area (Å²) in [6.07, 6.45) is 0.396. The molecule has 1 aromatic rings. The molecule has 5 heteroatoms. The maximum Gasteiger partial charge on any atom is 0.320 e. The molecule has 0 bridgehead atoms. The van der Waals surface area contributed by atoms with Gasteiger partial charge in [0, 0.05) is 13.1 Å². The van der Waals surface area contributed by atoms with E-state index in [1.165, 1.54) is 12.1 Å². The van der Waals surface area contributed by atoms with Crippen molar-refractivity contribution in [3.63, 3.8) is 0 Å². The van der Waals surface area contributed by atoms with E-state index in [0.29, 0.717) is 19.5 Å². The molecule has 0 aliphatic heterocycles. The minimum absolute atomic E-state index is 0.260. The first kappa shape index (κ1) is 13.6. The van der Waals surface area contributed by atoms with Crippen molar-refractivity contribution in [1.29, 1.82) is 0 Å². The van der Waals surface area contributed by atoms with E-state index in [0.717, 1.165) is 5.56 Å². The third-order valence-electron chi connectivity index (χ3n) is 2.50. The van der Waals surface area contributed by atoms with Crippen LogP contribution < -0.4 is 5.73 Å². The van der Waals surface area contributed by atoms with Gasteiger partial charge in [-0.15, -0.1) is 0 Å². The first-order chi connectivity index (χ1) is 7.99. The summed E-state index contributed by atoms with van der Waals surface area (Å²) < 4.78 is 12.7. The van der Waals surface area contributed by atoms with E-state index in [4.69, 9.17) is 10.8 Å². The van der Waals surface area contributed by atoms with Gasteiger partial charge in [-0.25, -0.2) is 4.39 Å². The average Bonchev–Trinajstić information content (AvgIpc) is 2.29. The molecule has 0 saturated heterocycles. The molecule has 1 rings (SSSR count). The normalized spacial score (nSPS) is 12.7. The van der Waals surface area contributed by atoms with Crippen LogP contribution in [0.5, 0.6) is 0 Å². The minimum Gasteiger partial charge on any atom is -0.480 e. The van der Waals surface area contributed by atoms with Crippen molar-refractivity contribution in [3.8, 4) is 0 Å². The van der Waals surface area contributed by atoms with E-state index in [-0.39, 0.29) is 5.82 Å². The highest BCUT2D eigenvalue weighted by Crippen LogP contribution is 2.06. The molecular weight excluding hydrogens is 223 g/mol. The maximum atomic E-state index is 12.7. The smallest absolute Gasteiger partial charge is 0.320 e. The van der Waals surface area contributed by atoms with E-state index in [2.05, 4.69) is 0 Å². The molecule has 17 heavy (non-hydrogen) atoms. The molecule has 1 unspecified atom stereocenters. The van der Waals surface area contributed by atoms with Crippen LogP contribution in [0.1, 0.15) is 12.0 Å². The number of carboxylic acids is 1. The molecule has 1 aromatic carbocycles. The lowest BCUT2D eigenvalue weighted by molar-refractivity contribution is -0.138. The number of carbonyl (C=O) groups is 1. The molecular formula is C12H17FN2O2. The van der Waals surface area contributed by atoms with Gasteiger partial charge in [-0.2, -0.15) is 0 Å². The van der Waals surface area contributed by atoms with Gasteiger partial charge < -0.3 is 15.7 Å². The zero-order valence-corrected chi connectivity index (χ0v) is 9.77. The van der Waals surface area contributed by atoms with Gasteiger partial charge in [-0.3, -0.25) is 4.79 Å². The Kier molecular flexibility index (Phi) is 5.06. The van der Waals surface area contributed by atoms with Gasteiger partial charge >= 0.3 is 5.97 Å². The van der Waals surface area contributed by atoms with Gasteiger partial charge in [0.05, 0.1) is 0 Å². The zero-order chi connectivity index (χ0) is 12.8. The molecule has 3 N–H and O–H groups in total. The van der Waals surface area contributed by atoms with Crippen LogP contribution in [-0.2, 0) is 11.3 Å². The number of nitrogens with zero attached hydrogens (tertiary/aromatic N) is 1. The standard InChI is InChI=1S/C12H17FN2O2/c1-15(7-6-11(14)12(16)17)8-9-2-4-10(13)5-3-9/h2-5,11H,6-8,14H2,1H3,(H,16,17). The van der Waals surface area contributed by atoms with Crippen LogP contribution in [0.3, 0.4) is 0 Å². The van der Waals surface area contributed by atoms with Gasteiger partial charge in [0.15, 0.2) is 0 Å². The number of benzene rings is 1. The number of hydrogen-bond donors (Lipinski definition) is 2. The van der Waals surface area contributed by atoms with E-state index < -0.39 is 12.0 Å². The predicted octanol–water partition coefficient (Wildman–Crippen LogP) is 1.06. The number of rotatable bonds is 6. The Morgan fingerprint density at radius 2 is 2.06 bits per heavy atom. The number of hydrogen-bond acceptors (Lipinski definition) is 3. The third-order valence-corrected chi connectivity index (χ3v) is 2.50. The fraction of sp³-hybridized carbons (Fsp3) is 0.417. The Labute approximate surface area is 99.8 Å². The molecule has 0 aliphatic rings. The molecule has 0 aliphatic carbocycles. The van der Waals surface area contributed by atoms with Crippen LogP contribution in [-0.4, -0.2) is 35.6 Å². The van der Waals surface area contributed by atoms with Crippen molar-refractivity contribution in [1.82, 2.24) is 4.90 Å². The summed E-state index contributed by atoms with van der Waals surface area (Å²) in [6.45, 7) is 1.23. The topological polar surface area (TPSA) is 66.6 Å². The van der Waals surface area contributed by atoms with Crippen LogP contribution >= 0.6 is 0 Å². The van der Waals surface area contributed by atoms with Gasteiger partial charge in [-0.1, -0.05) is 12.1 Å². The van der Waals surface area contributed by atoms with E-state index in [1.807, 2.05) is 11.9 Å². The molecule has 94 valence electrons. The molecule has 0 radical (unpaired) electrons. The highest BCUT2D eigenvalue weighted by atomic mass is 19.1. The van der Waals surface area contributed by atoms with Crippen molar-refractivity contribution >= 4 is 5.97 Å². The molecule has 0 fully saturated rings. The number of halogens is 1. The van der Waals surface area contributed by atoms with Gasteiger partial charge in [0.25, 0.3) is 0 Å². The highest BCUT2D eigenvalue weighted by molar-refractivity contribution is 5.72. The summed E-state index contributed by atoms with van der Waals surface area (Å²) in [4.78, 5) is 12.5. The van der Waals surface area contributed by atoms with Crippen LogP contribution in [0.25, 0.3) is 0 Å². The third kappa shape index (κ3) is 4.93. The Balaban J connectivity index is 2.36. The lowest BCUT2D eigenvalue weighted by atomic mass is 10.2. The molecule has 0 amide bonds. The fourth-order valence-corrected chi connectivity index (χ4v) is 1.46. The monoisotopic (exact) mass is 240 g/mol. The largest absolute Gasteiger partial charge is 0.480 e. The second-order valence-corrected chi connectivity index (χ2v) is 4.10. The predicted molar refractivity (Wildman–Crippen MR) is 63.0 cm³/mol. The molecule has 4 nitrogen and oxygen atoms in total. The Bertz CT molecular complexity index is 367. The van der Waals surface area contributed by atoms with Crippen LogP contribution in [0.4, 0.5) is 4.39 Å². The van der Waals surface area contributed by atoms with E-state index in [1.54, 1.807) is 12.1 Å². The highest BCUT2D eigenvalue weighted by Gasteiger charge is 2.12. The Hall–Kier alpha value is -1.46. The summed E-state index contributed by atoms with van der Waals surface area (Å²) in [6, 6.07) is 5.41. The SMILES string of the molecule is CN(CCC(N)C(=O)O)Cc1ccc(F)cc1. The average molecular weight is 240 g/mol.